The van der Waals surface area contributed by atoms with Crippen LogP contribution in [-0.2, 0) is 19.4 Å². The Morgan fingerprint density at radius 3 is 2.39 bits per heavy atom. The van der Waals surface area contributed by atoms with Crippen LogP contribution in [0.15, 0.2) is 59.5 Å². The van der Waals surface area contributed by atoms with Gasteiger partial charge in [-0.3, -0.25) is 4.79 Å². The number of halogens is 2. The Morgan fingerprint density at radius 1 is 1.07 bits per heavy atom. The average molecular weight is 408 g/mol. The van der Waals surface area contributed by atoms with Gasteiger partial charge in [-0.1, -0.05) is 18.2 Å². The third-order valence-electron chi connectivity index (χ3n) is 3.79. The number of fused-ring (bicyclic) bond motifs is 1. The molecule has 10 heteroatoms. The molecule has 0 spiro atoms. The fourth-order valence-corrected chi connectivity index (χ4v) is 3.14. The highest BCUT2D eigenvalue weighted by Gasteiger charge is 2.26. The lowest BCUT2D eigenvalue weighted by Gasteiger charge is -2.07. The van der Waals surface area contributed by atoms with Crippen LogP contribution in [0.2, 0.25) is 0 Å². The van der Waals surface area contributed by atoms with Crippen molar-refractivity contribution in [1.29, 1.82) is 0 Å². The Labute approximate surface area is 158 Å². The van der Waals surface area contributed by atoms with Gasteiger partial charge in [-0.05, 0) is 36.4 Å². The number of alkyl halides is 2. The maximum atomic E-state index is 12.5. The summed E-state index contributed by atoms with van der Waals surface area (Å²) in [4.78, 5) is 26.2. The second kappa shape index (κ2) is 7.77. The van der Waals surface area contributed by atoms with Crippen molar-refractivity contribution in [3.63, 3.8) is 0 Å². The maximum Gasteiger partial charge on any atom is 0.355 e. The van der Waals surface area contributed by atoms with E-state index in [0.717, 1.165) is 35.2 Å². The van der Waals surface area contributed by atoms with E-state index >= 15 is 0 Å². The molecule has 0 unspecified atom stereocenters. The maximum absolute atomic E-state index is 12.5. The molecule has 1 aromatic heterocycles. The molecule has 146 valence electrons. The number of carbonyl (C=O) groups is 2. The number of carbonyl (C=O) groups excluding carboxylic acids is 2. The van der Waals surface area contributed by atoms with Gasteiger partial charge in [0.1, 0.15) is 5.69 Å². The molecule has 0 saturated heterocycles. The van der Waals surface area contributed by atoms with Gasteiger partial charge in [0.05, 0.1) is 4.90 Å². The molecule has 3 aromatic rings. The Bertz CT molecular complexity index is 1090. The highest BCUT2D eigenvalue weighted by atomic mass is 32.2. The van der Waals surface area contributed by atoms with Crippen LogP contribution < -0.4 is 5.32 Å². The molecule has 1 amide bonds. The zero-order valence-corrected chi connectivity index (χ0v) is 15.0. The molecule has 1 heterocycles. The lowest BCUT2D eigenvalue weighted by Crippen LogP contribution is -2.21. The summed E-state index contributed by atoms with van der Waals surface area (Å²) in [5.41, 5.74) is 1.10. The molecule has 0 atom stereocenters. The van der Waals surface area contributed by atoms with Crippen molar-refractivity contribution in [1.82, 2.24) is 4.98 Å². The molecule has 0 aliphatic rings. The Balaban J connectivity index is 1.57. The van der Waals surface area contributed by atoms with E-state index in [9.17, 15) is 26.8 Å². The fourth-order valence-electron chi connectivity index (χ4n) is 2.42. The molecular formula is C18H14F2N2O5S. The minimum absolute atomic E-state index is 0.167. The predicted octanol–water partition coefficient (Wildman–Crippen LogP) is 2.96. The van der Waals surface area contributed by atoms with E-state index in [1.807, 2.05) is 12.1 Å². The van der Waals surface area contributed by atoms with Gasteiger partial charge in [-0.25, -0.2) is 13.2 Å². The summed E-state index contributed by atoms with van der Waals surface area (Å²) >= 11 is 0. The number of rotatable bonds is 6. The summed E-state index contributed by atoms with van der Waals surface area (Å²) in [6.07, 6.45) is 0. The molecule has 3 rings (SSSR count). The number of benzene rings is 2. The number of hydrogen-bond acceptors (Lipinski definition) is 5. The van der Waals surface area contributed by atoms with E-state index in [0.29, 0.717) is 0 Å². The number of anilines is 1. The first-order valence-electron chi connectivity index (χ1n) is 7.94. The van der Waals surface area contributed by atoms with Crippen LogP contribution >= 0.6 is 0 Å². The molecule has 0 radical (unpaired) electrons. The number of hydrogen-bond donors (Lipinski definition) is 2. The van der Waals surface area contributed by atoms with E-state index in [-0.39, 0.29) is 11.4 Å². The van der Waals surface area contributed by atoms with Crippen molar-refractivity contribution in [2.75, 3.05) is 11.9 Å². The smallest absolute Gasteiger partial charge is 0.355 e. The van der Waals surface area contributed by atoms with Crippen LogP contribution in [0.4, 0.5) is 14.5 Å². The van der Waals surface area contributed by atoms with Crippen LogP contribution in [-0.4, -0.2) is 37.6 Å². The normalized spacial score (nSPS) is 11.5. The molecule has 28 heavy (non-hydrogen) atoms. The van der Waals surface area contributed by atoms with Crippen molar-refractivity contribution < 1.29 is 31.5 Å². The van der Waals surface area contributed by atoms with Crippen LogP contribution in [0.3, 0.4) is 0 Å². The summed E-state index contributed by atoms with van der Waals surface area (Å²) in [5, 5.41) is 3.19. The number of para-hydroxylation sites is 1. The molecule has 0 saturated carbocycles. The van der Waals surface area contributed by atoms with Gasteiger partial charge >= 0.3 is 11.7 Å². The number of H-pyrrole nitrogens is 1. The van der Waals surface area contributed by atoms with Gasteiger partial charge in [0.25, 0.3) is 5.91 Å². The molecule has 0 aliphatic heterocycles. The highest BCUT2D eigenvalue weighted by Crippen LogP contribution is 2.20. The lowest BCUT2D eigenvalue weighted by molar-refractivity contribution is -0.119. The first-order valence-corrected chi connectivity index (χ1v) is 9.49. The number of aromatic amines is 1. The Morgan fingerprint density at radius 2 is 1.75 bits per heavy atom. The zero-order valence-electron chi connectivity index (χ0n) is 14.2. The van der Waals surface area contributed by atoms with Gasteiger partial charge in [-0.2, -0.15) is 8.78 Å². The predicted molar refractivity (Wildman–Crippen MR) is 96.8 cm³/mol. The van der Waals surface area contributed by atoms with Crippen molar-refractivity contribution in [3.05, 3.63) is 60.3 Å². The standard InChI is InChI=1S/C18H14F2N2O5S/c19-18(20)28(25,26)13-7-5-12(6-8-13)21-16(23)10-27-17(24)15-9-11-3-1-2-4-14(11)22-15/h1-9,18,22H,10H2,(H,21,23). The van der Waals surface area contributed by atoms with Crippen molar-refractivity contribution in [2.45, 2.75) is 10.7 Å². The zero-order chi connectivity index (χ0) is 20.3. The van der Waals surface area contributed by atoms with Gasteiger partial charge in [-0.15, -0.1) is 0 Å². The quantitative estimate of drug-likeness (QED) is 0.610. The summed E-state index contributed by atoms with van der Waals surface area (Å²) in [6, 6.07) is 13.0. The van der Waals surface area contributed by atoms with E-state index in [1.54, 1.807) is 18.2 Å². The second-order valence-electron chi connectivity index (χ2n) is 5.72. The molecule has 7 nitrogen and oxygen atoms in total. The lowest BCUT2D eigenvalue weighted by atomic mass is 10.2. The van der Waals surface area contributed by atoms with Crippen molar-refractivity contribution >= 4 is 38.3 Å². The third-order valence-corrected chi connectivity index (χ3v) is 5.18. The van der Waals surface area contributed by atoms with Crippen molar-refractivity contribution in [2.24, 2.45) is 0 Å². The van der Waals surface area contributed by atoms with Crippen LogP contribution in [0.25, 0.3) is 10.9 Å². The first-order chi connectivity index (χ1) is 13.3. The average Bonchev–Trinajstić information content (AvgIpc) is 3.11. The van der Waals surface area contributed by atoms with Crippen LogP contribution in [0, 0.1) is 0 Å². The van der Waals surface area contributed by atoms with E-state index in [4.69, 9.17) is 4.74 Å². The SMILES string of the molecule is O=C(COC(=O)c1cc2ccccc2[nH]1)Nc1ccc(S(=O)(=O)C(F)F)cc1. The number of esters is 1. The minimum atomic E-state index is -4.70. The topological polar surface area (TPSA) is 105 Å². The number of nitrogens with one attached hydrogen (secondary N) is 2. The molecule has 0 aliphatic carbocycles. The number of aromatic nitrogens is 1. The molecular weight excluding hydrogens is 394 g/mol. The van der Waals surface area contributed by atoms with Crippen LogP contribution in [0.5, 0.6) is 0 Å². The van der Waals surface area contributed by atoms with Crippen molar-refractivity contribution in [3.8, 4) is 0 Å². The minimum Gasteiger partial charge on any atom is -0.451 e. The molecule has 0 bridgehead atoms. The Kier molecular flexibility index (Phi) is 5.41. The van der Waals surface area contributed by atoms with Gasteiger partial charge in [0.15, 0.2) is 6.61 Å². The fraction of sp³-hybridized carbons (Fsp3) is 0.111. The Hall–Kier alpha value is -3.27. The van der Waals surface area contributed by atoms with Gasteiger partial charge in [0, 0.05) is 16.6 Å². The third kappa shape index (κ3) is 4.17. The largest absolute Gasteiger partial charge is 0.451 e. The van der Waals surface area contributed by atoms with E-state index < -0.39 is 39.0 Å². The summed E-state index contributed by atoms with van der Waals surface area (Å²) in [5.74, 6) is -4.92. The molecule has 2 aromatic carbocycles. The second-order valence-corrected chi connectivity index (χ2v) is 7.64. The number of amides is 1. The number of ether oxygens (including phenoxy) is 1. The van der Waals surface area contributed by atoms with E-state index in [1.165, 1.54) is 0 Å². The van der Waals surface area contributed by atoms with Gasteiger partial charge in [0.2, 0.25) is 9.84 Å². The number of sulfone groups is 1. The molecule has 0 fully saturated rings. The molecule has 2 N–H and O–H groups in total. The van der Waals surface area contributed by atoms with E-state index in [2.05, 4.69) is 10.3 Å². The summed E-state index contributed by atoms with van der Waals surface area (Å²) < 4.78 is 52.6. The van der Waals surface area contributed by atoms with Crippen LogP contribution in [0.1, 0.15) is 10.5 Å². The van der Waals surface area contributed by atoms with Gasteiger partial charge < -0.3 is 15.0 Å². The highest BCUT2D eigenvalue weighted by molar-refractivity contribution is 7.91. The monoisotopic (exact) mass is 408 g/mol. The first kappa shape index (κ1) is 19.5. The summed E-state index contributed by atoms with van der Waals surface area (Å²) in [7, 11) is -4.70. The summed E-state index contributed by atoms with van der Waals surface area (Å²) in [6.45, 7) is -0.578.